The Morgan fingerprint density at radius 2 is 1.78 bits per heavy atom. The highest BCUT2D eigenvalue weighted by atomic mass is 19.1. The summed E-state index contributed by atoms with van der Waals surface area (Å²) >= 11 is 0. The van der Waals surface area contributed by atoms with E-state index in [4.69, 9.17) is 0 Å². The molecule has 23 heavy (non-hydrogen) atoms. The van der Waals surface area contributed by atoms with Crippen molar-refractivity contribution in [1.82, 2.24) is 10.6 Å². The first-order chi connectivity index (χ1) is 11.1. The lowest BCUT2D eigenvalue weighted by Gasteiger charge is -2.54. The van der Waals surface area contributed by atoms with E-state index in [1.54, 1.807) is 13.0 Å². The maximum absolute atomic E-state index is 13.5. The summed E-state index contributed by atoms with van der Waals surface area (Å²) in [4.78, 5) is 12.2. The number of carbonyl (C=O) groups excluding carboxylic acids is 1. The van der Waals surface area contributed by atoms with Crippen LogP contribution in [0.15, 0.2) is 18.2 Å². The monoisotopic (exact) mass is 316 g/mol. The van der Waals surface area contributed by atoms with Crippen LogP contribution >= 0.6 is 0 Å². The van der Waals surface area contributed by atoms with Gasteiger partial charge in [-0.05, 0) is 79.9 Å². The van der Waals surface area contributed by atoms with E-state index in [1.165, 1.54) is 38.2 Å². The number of hydrogen-bond donors (Lipinski definition) is 2. The van der Waals surface area contributed by atoms with Gasteiger partial charge in [0.05, 0.1) is 0 Å². The van der Waals surface area contributed by atoms with Crippen LogP contribution < -0.4 is 10.6 Å². The number of hydrogen-bond acceptors (Lipinski definition) is 1. The number of amides is 2. The Morgan fingerprint density at radius 3 is 2.39 bits per heavy atom. The second kappa shape index (κ2) is 5.81. The third-order valence-corrected chi connectivity index (χ3v) is 6.21. The molecule has 0 atom stereocenters. The maximum atomic E-state index is 13.5. The highest BCUT2D eigenvalue weighted by Crippen LogP contribution is 2.53. The first-order valence-corrected chi connectivity index (χ1v) is 8.88. The molecule has 0 aliphatic heterocycles. The SMILES string of the molecule is Cc1ccc(CNC(=O)NC2C3CC4CC(C3)CC2C4)cc1F. The predicted molar refractivity (Wildman–Crippen MR) is 87.3 cm³/mol. The van der Waals surface area contributed by atoms with Gasteiger partial charge in [-0.3, -0.25) is 0 Å². The van der Waals surface area contributed by atoms with E-state index < -0.39 is 0 Å². The first-order valence-electron chi connectivity index (χ1n) is 8.88. The summed E-state index contributed by atoms with van der Waals surface area (Å²) in [6.07, 6.45) is 6.59. The lowest BCUT2D eigenvalue weighted by Crippen LogP contribution is -2.57. The minimum atomic E-state index is -0.217. The number of carbonyl (C=O) groups is 1. The molecule has 2 N–H and O–H groups in total. The molecular weight excluding hydrogens is 291 g/mol. The summed E-state index contributed by atoms with van der Waals surface area (Å²) in [7, 11) is 0. The summed E-state index contributed by atoms with van der Waals surface area (Å²) in [6.45, 7) is 2.11. The molecule has 1 aromatic rings. The van der Waals surface area contributed by atoms with Crippen molar-refractivity contribution >= 4 is 6.03 Å². The fourth-order valence-corrected chi connectivity index (χ4v) is 5.29. The summed E-state index contributed by atoms with van der Waals surface area (Å²) in [5.41, 5.74) is 1.43. The largest absolute Gasteiger partial charge is 0.335 e. The van der Waals surface area contributed by atoms with E-state index in [0.717, 1.165) is 17.4 Å². The number of nitrogens with one attached hydrogen (secondary N) is 2. The molecule has 0 unspecified atom stereocenters. The van der Waals surface area contributed by atoms with Crippen molar-refractivity contribution in [2.45, 2.75) is 51.6 Å². The fraction of sp³-hybridized carbons (Fsp3) is 0.632. The molecule has 0 spiro atoms. The van der Waals surface area contributed by atoms with Gasteiger partial charge in [0, 0.05) is 12.6 Å². The van der Waals surface area contributed by atoms with E-state index in [9.17, 15) is 9.18 Å². The molecule has 4 aliphatic rings. The molecule has 4 bridgehead atoms. The van der Waals surface area contributed by atoms with Gasteiger partial charge in [-0.25, -0.2) is 9.18 Å². The van der Waals surface area contributed by atoms with Crippen LogP contribution in [-0.2, 0) is 6.54 Å². The Labute approximate surface area is 137 Å². The molecule has 124 valence electrons. The van der Waals surface area contributed by atoms with Crippen molar-refractivity contribution < 1.29 is 9.18 Å². The predicted octanol–water partition coefficient (Wildman–Crippen LogP) is 3.76. The van der Waals surface area contributed by atoms with Crippen molar-refractivity contribution in [2.75, 3.05) is 0 Å². The molecule has 4 fully saturated rings. The molecular formula is C19H25FN2O. The normalized spacial score (nSPS) is 34.4. The Balaban J connectivity index is 1.32. The Kier molecular flexibility index (Phi) is 3.78. The molecule has 1 aromatic carbocycles. The van der Waals surface area contributed by atoms with E-state index in [0.29, 0.717) is 30.0 Å². The Hall–Kier alpha value is -1.58. The van der Waals surface area contributed by atoms with Gasteiger partial charge in [0.15, 0.2) is 0 Å². The topological polar surface area (TPSA) is 41.1 Å². The summed E-state index contributed by atoms with van der Waals surface area (Å²) < 4.78 is 13.5. The quantitative estimate of drug-likeness (QED) is 0.876. The Bertz CT molecular complexity index is 587. The molecule has 0 heterocycles. The number of urea groups is 1. The average molecular weight is 316 g/mol. The standard InChI is InChI=1S/C19H25FN2O/c1-11-2-3-12(9-17(11)20)10-21-19(23)22-18-15-5-13-4-14(7-15)8-16(18)6-13/h2-3,9,13-16,18H,4-8,10H2,1H3,(H2,21,22,23). The van der Waals surface area contributed by atoms with E-state index >= 15 is 0 Å². The lowest BCUT2D eigenvalue weighted by atomic mass is 9.54. The maximum Gasteiger partial charge on any atom is 0.315 e. The number of rotatable bonds is 3. The van der Waals surface area contributed by atoms with Crippen LogP contribution in [0.4, 0.5) is 9.18 Å². The molecule has 0 aromatic heterocycles. The van der Waals surface area contributed by atoms with Gasteiger partial charge in [0.1, 0.15) is 5.82 Å². The van der Waals surface area contributed by atoms with Gasteiger partial charge in [-0.1, -0.05) is 12.1 Å². The molecule has 4 heteroatoms. The van der Waals surface area contributed by atoms with Gasteiger partial charge < -0.3 is 10.6 Å². The number of benzene rings is 1. The summed E-state index contributed by atoms with van der Waals surface area (Å²) in [5, 5.41) is 6.10. The third kappa shape index (κ3) is 2.96. The fourth-order valence-electron chi connectivity index (χ4n) is 5.29. The molecule has 0 radical (unpaired) electrons. The zero-order valence-electron chi connectivity index (χ0n) is 13.6. The van der Waals surface area contributed by atoms with Gasteiger partial charge in [0.2, 0.25) is 0 Å². The molecule has 4 saturated carbocycles. The molecule has 4 aliphatic carbocycles. The third-order valence-electron chi connectivity index (χ3n) is 6.21. The van der Waals surface area contributed by atoms with Crippen LogP contribution in [0.2, 0.25) is 0 Å². The van der Waals surface area contributed by atoms with Gasteiger partial charge in [0.25, 0.3) is 0 Å². The average Bonchev–Trinajstić information content (AvgIpc) is 2.51. The van der Waals surface area contributed by atoms with Gasteiger partial charge in [-0.15, -0.1) is 0 Å². The van der Waals surface area contributed by atoms with Crippen LogP contribution in [0.5, 0.6) is 0 Å². The van der Waals surface area contributed by atoms with Crippen molar-refractivity contribution in [2.24, 2.45) is 23.7 Å². The van der Waals surface area contributed by atoms with Crippen molar-refractivity contribution in [3.63, 3.8) is 0 Å². The minimum Gasteiger partial charge on any atom is -0.335 e. The van der Waals surface area contributed by atoms with Crippen LogP contribution in [-0.4, -0.2) is 12.1 Å². The van der Waals surface area contributed by atoms with E-state index in [2.05, 4.69) is 10.6 Å². The van der Waals surface area contributed by atoms with E-state index in [-0.39, 0.29) is 11.8 Å². The highest BCUT2D eigenvalue weighted by molar-refractivity contribution is 5.74. The molecule has 0 saturated heterocycles. The second-order valence-corrected chi connectivity index (χ2v) is 7.87. The van der Waals surface area contributed by atoms with Crippen molar-refractivity contribution in [3.05, 3.63) is 35.1 Å². The van der Waals surface area contributed by atoms with Crippen LogP contribution in [0.1, 0.15) is 43.2 Å². The molecule has 2 amide bonds. The van der Waals surface area contributed by atoms with Gasteiger partial charge in [-0.2, -0.15) is 0 Å². The molecule has 5 rings (SSSR count). The molecule has 3 nitrogen and oxygen atoms in total. The van der Waals surface area contributed by atoms with Crippen LogP contribution in [0.25, 0.3) is 0 Å². The van der Waals surface area contributed by atoms with Crippen LogP contribution in [0.3, 0.4) is 0 Å². The zero-order valence-corrected chi connectivity index (χ0v) is 13.6. The summed E-state index contributed by atoms with van der Waals surface area (Å²) in [6, 6.07) is 5.35. The van der Waals surface area contributed by atoms with E-state index in [1.807, 2.05) is 6.07 Å². The minimum absolute atomic E-state index is 0.108. The smallest absolute Gasteiger partial charge is 0.315 e. The highest BCUT2D eigenvalue weighted by Gasteiger charge is 2.48. The first kappa shape index (κ1) is 15.0. The van der Waals surface area contributed by atoms with Gasteiger partial charge >= 0.3 is 6.03 Å². The second-order valence-electron chi connectivity index (χ2n) is 7.87. The van der Waals surface area contributed by atoms with Crippen LogP contribution in [0, 0.1) is 36.4 Å². The zero-order chi connectivity index (χ0) is 16.0. The number of halogens is 1. The van der Waals surface area contributed by atoms with Crippen molar-refractivity contribution in [3.8, 4) is 0 Å². The van der Waals surface area contributed by atoms with Crippen molar-refractivity contribution in [1.29, 1.82) is 0 Å². The Morgan fingerprint density at radius 1 is 1.13 bits per heavy atom. The number of aryl methyl sites for hydroxylation is 1. The lowest BCUT2D eigenvalue weighted by molar-refractivity contribution is -0.00942. The summed E-state index contributed by atoms with van der Waals surface area (Å²) in [5.74, 6) is 2.96.